The number of nitrogens with zero attached hydrogens (tertiary/aromatic N) is 3. The van der Waals surface area contributed by atoms with Crippen LogP contribution in [0.1, 0.15) is 6.92 Å². The van der Waals surface area contributed by atoms with Crippen LogP contribution in [0.2, 0.25) is 0 Å². The number of amides is 1. The molecule has 4 rings (SSSR count). The lowest BCUT2D eigenvalue weighted by molar-refractivity contribution is -0.115. The van der Waals surface area contributed by atoms with Gasteiger partial charge in [0.15, 0.2) is 5.82 Å². The molecule has 1 unspecified atom stereocenters. The van der Waals surface area contributed by atoms with Gasteiger partial charge in [-0.1, -0.05) is 48.2 Å². The number of hydrogen-bond donors (Lipinski definition) is 2. The predicted octanol–water partition coefficient (Wildman–Crippen LogP) is 3.99. The molecule has 4 aromatic rings. The molecule has 2 aromatic heterocycles. The van der Waals surface area contributed by atoms with Crippen LogP contribution in [-0.2, 0) is 4.79 Å². The Bertz CT molecular complexity index is 1090. The van der Waals surface area contributed by atoms with E-state index in [1.54, 1.807) is 0 Å². The summed E-state index contributed by atoms with van der Waals surface area (Å²) in [5.74, 6) is 6.58. The minimum atomic E-state index is -0.376. The van der Waals surface area contributed by atoms with E-state index >= 15 is 0 Å². The van der Waals surface area contributed by atoms with E-state index in [9.17, 15) is 4.79 Å². The Morgan fingerprint density at radius 3 is 2.74 bits per heavy atom. The van der Waals surface area contributed by atoms with Crippen molar-refractivity contribution in [2.45, 2.75) is 17.3 Å². The zero-order valence-corrected chi connectivity index (χ0v) is 16.1. The Hall–Kier alpha value is -2.84. The van der Waals surface area contributed by atoms with E-state index in [4.69, 9.17) is 5.84 Å². The van der Waals surface area contributed by atoms with Crippen molar-refractivity contribution in [1.82, 2.24) is 14.9 Å². The second-order valence-corrected chi connectivity index (χ2v) is 8.22. The molecule has 6 nitrogen and oxygen atoms in total. The number of thiophene rings is 1. The minimum absolute atomic E-state index is 0.115. The van der Waals surface area contributed by atoms with Crippen LogP contribution in [0.5, 0.6) is 0 Å². The number of fused-ring (bicyclic) bond motifs is 1. The first-order valence-electron chi connectivity index (χ1n) is 8.32. The highest BCUT2D eigenvalue weighted by atomic mass is 32.2. The lowest BCUT2D eigenvalue weighted by Crippen LogP contribution is -2.23. The van der Waals surface area contributed by atoms with Gasteiger partial charge in [0.2, 0.25) is 11.1 Å². The van der Waals surface area contributed by atoms with Crippen LogP contribution < -0.4 is 11.2 Å². The SMILES string of the molecule is CC(Sc1nnc(-c2cccs2)n1N)C(=O)Nc1ccc2ccccc2c1. The molecular formula is C19H17N5OS2. The average Bonchev–Trinajstić information content (AvgIpc) is 3.32. The van der Waals surface area contributed by atoms with Crippen molar-refractivity contribution in [3.63, 3.8) is 0 Å². The van der Waals surface area contributed by atoms with Crippen molar-refractivity contribution in [3.8, 4) is 10.7 Å². The van der Waals surface area contributed by atoms with Gasteiger partial charge in [0, 0.05) is 5.69 Å². The third-order valence-electron chi connectivity index (χ3n) is 4.07. The molecule has 2 heterocycles. The van der Waals surface area contributed by atoms with Crippen LogP contribution in [0.3, 0.4) is 0 Å². The molecule has 0 bridgehead atoms. The second-order valence-electron chi connectivity index (χ2n) is 5.96. The van der Waals surface area contributed by atoms with Crippen molar-refractivity contribution in [1.29, 1.82) is 0 Å². The summed E-state index contributed by atoms with van der Waals surface area (Å²) in [5.41, 5.74) is 0.764. The number of nitrogens with two attached hydrogens (primary N) is 1. The maximum absolute atomic E-state index is 12.6. The standard InChI is InChI=1S/C19H17N5OS2/c1-12(27-19-23-22-17(24(19)20)16-7-4-10-26-16)18(25)21-15-9-8-13-5-2-3-6-14(13)11-15/h2-12H,20H2,1H3,(H,21,25). The molecule has 1 atom stereocenters. The Labute approximate surface area is 164 Å². The van der Waals surface area contributed by atoms with Crippen molar-refractivity contribution >= 4 is 45.5 Å². The van der Waals surface area contributed by atoms with Gasteiger partial charge >= 0.3 is 0 Å². The number of thioether (sulfide) groups is 1. The highest BCUT2D eigenvalue weighted by Crippen LogP contribution is 2.28. The Kier molecular flexibility index (Phi) is 4.83. The van der Waals surface area contributed by atoms with Crippen molar-refractivity contribution in [3.05, 3.63) is 60.0 Å². The summed E-state index contributed by atoms with van der Waals surface area (Å²) < 4.78 is 1.43. The minimum Gasteiger partial charge on any atom is -0.335 e. The summed E-state index contributed by atoms with van der Waals surface area (Å²) in [5, 5.41) is 15.5. The Morgan fingerprint density at radius 2 is 1.96 bits per heavy atom. The van der Waals surface area contributed by atoms with Gasteiger partial charge in [-0.2, -0.15) is 0 Å². The number of rotatable bonds is 5. The quantitative estimate of drug-likeness (QED) is 0.394. The molecule has 1 amide bonds. The molecule has 0 spiro atoms. The molecule has 0 saturated carbocycles. The fourth-order valence-corrected chi connectivity index (χ4v) is 4.13. The molecule has 0 aliphatic heterocycles. The molecule has 8 heteroatoms. The first kappa shape index (κ1) is 17.6. The molecule has 0 aliphatic rings. The third-order valence-corrected chi connectivity index (χ3v) is 6.00. The highest BCUT2D eigenvalue weighted by molar-refractivity contribution is 8.00. The number of hydrogen-bond acceptors (Lipinski definition) is 6. The van der Waals surface area contributed by atoms with Gasteiger partial charge < -0.3 is 11.2 Å². The first-order chi connectivity index (χ1) is 13.1. The van der Waals surface area contributed by atoms with Crippen molar-refractivity contribution in [2.75, 3.05) is 11.2 Å². The van der Waals surface area contributed by atoms with Crippen LogP contribution >= 0.6 is 23.1 Å². The van der Waals surface area contributed by atoms with E-state index < -0.39 is 0 Å². The molecule has 0 aliphatic carbocycles. The number of nitrogens with one attached hydrogen (secondary N) is 1. The lowest BCUT2D eigenvalue weighted by Gasteiger charge is -2.12. The predicted molar refractivity (Wildman–Crippen MR) is 111 cm³/mol. The van der Waals surface area contributed by atoms with Gasteiger partial charge in [-0.25, -0.2) is 4.68 Å². The van der Waals surface area contributed by atoms with Crippen LogP contribution in [-0.4, -0.2) is 26.0 Å². The topological polar surface area (TPSA) is 85.8 Å². The molecular weight excluding hydrogens is 378 g/mol. The van der Waals surface area contributed by atoms with E-state index in [1.807, 2.05) is 66.9 Å². The second kappa shape index (κ2) is 7.42. The molecule has 0 saturated heterocycles. The van der Waals surface area contributed by atoms with Gasteiger partial charge in [0.25, 0.3) is 0 Å². The first-order valence-corrected chi connectivity index (χ1v) is 10.1. The fourth-order valence-electron chi connectivity index (χ4n) is 2.65. The zero-order chi connectivity index (χ0) is 18.8. The molecule has 0 fully saturated rings. The van der Waals surface area contributed by atoms with Crippen molar-refractivity contribution in [2.24, 2.45) is 0 Å². The summed E-state index contributed by atoms with van der Waals surface area (Å²) >= 11 is 2.82. The van der Waals surface area contributed by atoms with Crippen LogP contribution in [0.25, 0.3) is 21.5 Å². The maximum atomic E-state index is 12.6. The lowest BCUT2D eigenvalue weighted by atomic mass is 10.1. The van der Waals surface area contributed by atoms with E-state index in [0.29, 0.717) is 11.0 Å². The number of anilines is 1. The normalized spacial score (nSPS) is 12.2. The van der Waals surface area contributed by atoms with E-state index in [-0.39, 0.29) is 11.2 Å². The number of aromatic nitrogens is 3. The van der Waals surface area contributed by atoms with Gasteiger partial charge in [0.1, 0.15) is 0 Å². The molecule has 2 aromatic carbocycles. The summed E-state index contributed by atoms with van der Waals surface area (Å²) in [6.45, 7) is 1.82. The largest absolute Gasteiger partial charge is 0.335 e. The smallest absolute Gasteiger partial charge is 0.237 e. The molecule has 27 heavy (non-hydrogen) atoms. The Morgan fingerprint density at radius 1 is 1.15 bits per heavy atom. The molecule has 0 radical (unpaired) electrons. The summed E-state index contributed by atoms with van der Waals surface area (Å²) in [6.07, 6.45) is 0. The van der Waals surface area contributed by atoms with Gasteiger partial charge in [0.05, 0.1) is 10.1 Å². The molecule has 3 N–H and O–H groups in total. The monoisotopic (exact) mass is 395 g/mol. The molecule has 136 valence electrons. The van der Waals surface area contributed by atoms with E-state index in [2.05, 4.69) is 15.5 Å². The maximum Gasteiger partial charge on any atom is 0.237 e. The van der Waals surface area contributed by atoms with Crippen molar-refractivity contribution < 1.29 is 4.79 Å². The summed E-state index contributed by atoms with van der Waals surface area (Å²) in [7, 11) is 0. The summed E-state index contributed by atoms with van der Waals surface area (Å²) in [4.78, 5) is 13.5. The number of nitrogen functional groups attached to an aromatic ring is 1. The van der Waals surface area contributed by atoms with Crippen LogP contribution in [0, 0.1) is 0 Å². The number of carbonyl (C=O) groups is 1. The van der Waals surface area contributed by atoms with Gasteiger partial charge in [-0.3, -0.25) is 4.79 Å². The van der Waals surface area contributed by atoms with Gasteiger partial charge in [-0.15, -0.1) is 21.5 Å². The van der Waals surface area contributed by atoms with Crippen LogP contribution in [0.4, 0.5) is 5.69 Å². The highest BCUT2D eigenvalue weighted by Gasteiger charge is 2.20. The number of benzene rings is 2. The number of carbonyl (C=O) groups excluding carboxylic acids is 1. The zero-order valence-electron chi connectivity index (χ0n) is 14.5. The van der Waals surface area contributed by atoms with E-state index in [1.165, 1.54) is 27.8 Å². The van der Waals surface area contributed by atoms with E-state index in [0.717, 1.165) is 21.3 Å². The van der Waals surface area contributed by atoms with Gasteiger partial charge in [-0.05, 0) is 41.3 Å². The Balaban J connectivity index is 1.46. The average molecular weight is 396 g/mol. The fraction of sp³-hybridized carbons (Fsp3) is 0.105. The summed E-state index contributed by atoms with van der Waals surface area (Å²) in [6, 6.07) is 17.8. The van der Waals surface area contributed by atoms with Crippen LogP contribution in [0.15, 0.2) is 65.1 Å². The third kappa shape index (κ3) is 3.67.